The second-order valence-electron chi connectivity index (χ2n) is 3.76. The molecule has 0 aliphatic carbocycles. The third-order valence-electron chi connectivity index (χ3n) is 2.43. The standard InChI is InChI=1S/C12H15N3S/c1-9-4-3-5-11(12(9)13)16-8-10-6-7-15(2)14-10/h3-7H,8,13H2,1-2H3. The SMILES string of the molecule is Cc1cccc(SCc2ccn(C)n2)c1N. The zero-order valence-electron chi connectivity index (χ0n) is 9.47. The van der Waals surface area contributed by atoms with Crippen molar-refractivity contribution in [2.24, 2.45) is 7.05 Å². The van der Waals surface area contributed by atoms with Crippen molar-refractivity contribution >= 4 is 17.4 Å². The lowest BCUT2D eigenvalue weighted by molar-refractivity contribution is 0.755. The third-order valence-corrected chi connectivity index (χ3v) is 3.54. The molecule has 0 spiro atoms. The average Bonchev–Trinajstić information content (AvgIpc) is 2.67. The number of rotatable bonds is 3. The van der Waals surface area contributed by atoms with Crippen molar-refractivity contribution in [3.63, 3.8) is 0 Å². The molecule has 16 heavy (non-hydrogen) atoms. The Morgan fingerprint density at radius 3 is 2.88 bits per heavy atom. The van der Waals surface area contributed by atoms with Gasteiger partial charge < -0.3 is 5.73 Å². The normalized spacial score (nSPS) is 10.6. The van der Waals surface area contributed by atoms with Crippen LogP contribution in [0.1, 0.15) is 11.3 Å². The molecule has 0 radical (unpaired) electrons. The van der Waals surface area contributed by atoms with Gasteiger partial charge in [-0.3, -0.25) is 4.68 Å². The van der Waals surface area contributed by atoms with Crippen LogP contribution < -0.4 is 5.73 Å². The van der Waals surface area contributed by atoms with E-state index in [0.29, 0.717) is 0 Å². The Balaban J connectivity index is 2.07. The van der Waals surface area contributed by atoms with Gasteiger partial charge in [-0.05, 0) is 24.6 Å². The van der Waals surface area contributed by atoms with E-state index in [4.69, 9.17) is 5.73 Å². The van der Waals surface area contributed by atoms with Gasteiger partial charge in [-0.1, -0.05) is 12.1 Å². The quantitative estimate of drug-likeness (QED) is 0.654. The third kappa shape index (κ3) is 2.39. The molecular formula is C12H15N3S. The van der Waals surface area contributed by atoms with Crippen LogP contribution in [0.25, 0.3) is 0 Å². The largest absolute Gasteiger partial charge is 0.398 e. The fourth-order valence-corrected chi connectivity index (χ4v) is 2.42. The lowest BCUT2D eigenvalue weighted by atomic mass is 10.2. The molecule has 0 saturated carbocycles. The lowest BCUT2D eigenvalue weighted by Gasteiger charge is -2.06. The van der Waals surface area contributed by atoms with E-state index < -0.39 is 0 Å². The van der Waals surface area contributed by atoms with Crippen molar-refractivity contribution in [3.8, 4) is 0 Å². The van der Waals surface area contributed by atoms with Crippen LogP contribution in [0.5, 0.6) is 0 Å². The lowest BCUT2D eigenvalue weighted by Crippen LogP contribution is -1.93. The second kappa shape index (κ2) is 4.61. The van der Waals surface area contributed by atoms with Gasteiger partial charge in [0.1, 0.15) is 0 Å². The molecule has 84 valence electrons. The molecule has 0 aliphatic heterocycles. The number of hydrogen-bond acceptors (Lipinski definition) is 3. The minimum atomic E-state index is 0.856. The van der Waals surface area contributed by atoms with Gasteiger partial charge in [0.2, 0.25) is 0 Å². The fourth-order valence-electron chi connectivity index (χ4n) is 1.47. The maximum Gasteiger partial charge on any atom is 0.0727 e. The zero-order chi connectivity index (χ0) is 11.5. The number of hydrogen-bond donors (Lipinski definition) is 1. The molecule has 0 aliphatic rings. The number of benzene rings is 1. The van der Waals surface area contributed by atoms with Gasteiger partial charge in [0.15, 0.2) is 0 Å². The fraction of sp³-hybridized carbons (Fsp3) is 0.250. The van der Waals surface area contributed by atoms with Gasteiger partial charge >= 0.3 is 0 Å². The summed E-state index contributed by atoms with van der Waals surface area (Å²) in [6, 6.07) is 8.14. The van der Waals surface area contributed by atoms with Crippen LogP contribution in [-0.4, -0.2) is 9.78 Å². The highest BCUT2D eigenvalue weighted by atomic mass is 32.2. The molecule has 0 unspecified atom stereocenters. The van der Waals surface area contributed by atoms with Crippen LogP contribution >= 0.6 is 11.8 Å². The summed E-state index contributed by atoms with van der Waals surface area (Å²) in [7, 11) is 1.93. The zero-order valence-corrected chi connectivity index (χ0v) is 10.3. The van der Waals surface area contributed by atoms with Gasteiger partial charge in [0.25, 0.3) is 0 Å². The number of nitrogens with two attached hydrogens (primary N) is 1. The van der Waals surface area contributed by atoms with Crippen LogP contribution in [-0.2, 0) is 12.8 Å². The van der Waals surface area contributed by atoms with E-state index in [1.807, 2.05) is 43.0 Å². The van der Waals surface area contributed by atoms with E-state index in [1.165, 1.54) is 0 Å². The highest BCUT2D eigenvalue weighted by molar-refractivity contribution is 7.98. The van der Waals surface area contributed by atoms with E-state index in [2.05, 4.69) is 11.2 Å². The first kappa shape index (κ1) is 11.1. The molecule has 0 bridgehead atoms. The number of nitrogen functional groups attached to an aromatic ring is 1. The van der Waals surface area contributed by atoms with E-state index in [-0.39, 0.29) is 0 Å². The van der Waals surface area contributed by atoms with Crippen molar-refractivity contribution in [1.29, 1.82) is 0 Å². The van der Waals surface area contributed by atoms with Crippen LogP contribution in [0.4, 0.5) is 5.69 Å². The van der Waals surface area contributed by atoms with E-state index in [1.54, 1.807) is 11.8 Å². The molecule has 3 nitrogen and oxygen atoms in total. The van der Waals surface area contributed by atoms with Crippen LogP contribution in [0.15, 0.2) is 35.4 Å². The summed E-state index contributed by atoms with van der Waals surface area (Å²) in [4.78, 5) is 1.13. The van der Waals surface area contributed by atoms with E-state index >= 15 is 0 Å². The Labute approximate surface area is 99.7 Å². The summed E-state index contributed by atoms with van der Waals surface area (Å²) in [5, 5.41) is 4.33. The number of anilines is 1. The number of aryl methyl sites for hydroxylation is 2. The topological polar surface area (TPSA) is 43.8 Å². The molecular weight excluding hydrogens is 218 g/mol. The Bertz CT molecular complexity index is 491. The number of para-hydroxylation sites is 1. The molecule has 0 fully saturated rings. The van der Waals surface area contributed by atoms with Crippen LogP contribution in [0, 0.1) is 6.92 Å². The summed E-state index contributed by atoms with van der Waals surface area (Å²) in [5.41, 5.74) is 9.09. The first-order chi connectivity index (χ1) is 7.66. The second-order valence-corrected chi connectivity index (χ2v) is 4.77. The van der Waals surface area contributed by atoms with Crippen molar-refractivity contribution in [2.45, 2.75) is 17.6 Å². The van der Waals surface area contributed by atoms with Gasteiger partial charge in [-0.15, -0.1) is 11.8 Å². The predicted molar refractivity (Wildman–Crippen MR) is 68.4 cm³/mol. The summed E-state index contributed by atoms with van der Waals surface area (Å²) in [5.74, 6) is 0.856. The number of nitrogens with zero attached hydrogens (tertiary/aromatic N) is 2. The van der Waals surface area contributed by atoms with Crippen LogP contribution in [0.2, 0.25) is 0 Å². The Kier molecular flexibility index (Phi) is 3.19. The first-order valence-corrected chi connectivity index (χ1v) is 6.12. The van der Waals surface area contributed by atoms with Gasteiger partial charge in [-0.25, -0.2) is 0 Å². The molecule has 2 rings (SSSR count). The minimum absolute atomic E-state index is 0.856. The molecule has 2 aromatic rings. The van der Waals surface area contributed by atoms with E-state index in [9.17, 15) is 0 Å². The molecule has 4 heteroatoms. The van der Waals surface area contributed by atoms with Crippen molar-refractivity contribution in [3.05, 3.63) is 41.7 Å². The van der Waals surface area contributed by atoms with Crippen molar-refractivity contribution in [1.82, 2.24) is 9.78 Å². The van der Waals surface area contributed by atoms with Crippen LogP contribution in [0.3, 0.4) is 0 Å². The molecule has 2 N–H and O–H groups in total. The smallest absolute Gasteiger partial charge is 0.0727 e. The molecule has 0 saturated heterocycles. The van der Waals surface area contributed by atoms with Crippen molar-refractivity contribution in [2.75, 3.05) is 5.73 Å². The molecule has 0 amide bonds. The molecule has 1 heterocycles. The minimum Gasteiger partial charge on any atom is -0.398 e. The Hall–Kier alpha value is -1.42. The van der Waals surface area contributed by atoms with Crippen molar-refractivity contribution < 1.29 is 0 Å². The summed E-state index contributed by atoms with van der Waals surface area (Å²) in [6.45, 7) is 2.03. The maximum atomic E-state index is 6.01. The summed E-state index contributed by atoms with van der Waals surface area (Å²) in [6.07, 6.45) is 1.95. The van der Waals surface area contributed by atoms with Gasteiger partial charge in [-0.2, -0.15) is 5.10 Å². The Morgan fingerprint density at radius 1 is 1.38 bits per heavy atom. The highest BCUT2D eigenvalue weighted by Crippen LogP contribution is 2.29. The highest BCUT2D eigenvalue weighted by Gasteiger charge is 2.03. The van der Waals surface area contributed by atoms with Gasteiger partial charge in [0, 0.05) is 29.6 Å². The van der Waals surface area contributed by atoms with E-state index in [0.717, 1.165) is 27.6 Å². The average molecular weight is 233 g/mol. The van der Waals surface area contributed by atoms with Gasteiger partial charge in [0.05, 0.1) is 5.69 Å². The molecule has 1 aromatic heterocycles. The summed E-state index contributed by atoms with van der Waals surface area (Å²) >= 11 is 1.73. The first-order valence-electron chi connectivity index (χ1n) is 5.13. The monoisotopic (exact) mass is 233 g/mol. The predicted octanol–water partition coefficient (Wildman–Crippen LogP) is 2.60. The maximum absolute atomic E-state index is 6.01. The summed E-state index contributed by atoms with van der Waals surface area (Å²) < 4.78 is 1.81. The number of thioether (sulfide) groups is 1. The molecule has 0 atom stereocenters. The molecule has 1 aromatic carbocycles. The number of aromatic nitrogens is 2. The Morgan fingerprint density at radius 2 is 2.19 bits per heavy atom.